The van der Waals surface area contributed by atoms with E-state index in [1.54, 1.807) is 6.07 Å². The molecule has 1 saturated heterocycles. The summed E-state index contributed by atoms with van der Waals surface area (Å²) in [7, 11) is 0. The molecular weight excluding hydrogens is 373 g/mol. The third-order valence-electron chi connectivity index (χ3n) is 3.27. The van der Waals surface area contributed by atoms with Crippen molar-refractivity contribution in [3.63, 3.8) is 0 Å². The normalized spacial score (nSPS) is 13.6. The number of nitrogens with zero attached hydrogens (tertiary/aromatic N) is 1. The van der Waals surface area contributed by atoms with Gasteiger partial charge in [0.25, 0.3) is 5.91 Å². The Morgan fingerprint density at radius 1 is 1.24 bits per heavy atom. The summed E-state index contributed by atoms with van der Waals surface area (Å²) in [4.78, 5) is 47.0. The first-order chi connectivity index (χ1) is 11.9. The first kappa shape index (κ1) is 19.0. The highest BCUT2D eigenvalue weighted by Crippen LogP contribution is 2.24. The second-order valence-corrected chi connectivity index (χ2v) is 5.96. The van der Waals surface area contributed by atoms with Gasteiger partial charge in [-0.25, -0.2) is 4.79 Å². The number of ether oxygens (including phenoxy) is 1. The predicted octanol–water partition coefficient (Wildman–Crippen LogP) is 1.81. The van der Waals surface area contributed by atoms with Gasteiger partial charge in [0.2, 0.25) is 5.91 Å². The van der Waals surface area contributed by atoms with Gasteiger partial charge in [-0.2, -0.15) is 0 Å². The fraction of sp³-hybridized carbons (Fsp3) is 0.333. The molecule has 25 heavy (non-hydrogen) atoms. The van der Waals surface area contributed by atoms with Crippen molar-refractivity contribution in [2.45, 2.75) is 12.8 Å². The molecule has 2 N–H and O–H groups in total. The smallest absolute Gasteiger partial charge is 0.324 e. The molecule has 0 atom stereocenters. The quantitative estimate of drug-likeness (QED) is 0.548. The Kier molecular flexibility index (Phi) is 6.60. The molecule has 0 aliphatic carbocycles. The minimum Gasteiger partial charge on any atom is -0.456 e. The maximum atomic E-state index is 11.7. The van der Waals surface area contributed by atoms with Crippen molar-refractivity contribution < 1.29 is 23.9 Å². The third-order valence-corrected chi connectivity index (χ3v) is 4.01. The van der Waals surface area contributed by atoms with Gasteiger partial charge in [-0.15, -0.1) is 0 Å². The number of hydrogen-bond donors (Lipinski definition) is 2. The number of benzene rings is 1. The van der Waals surface area contributed by atoms with Gasteiger partial charge >= 0.3 is 12.0 Å². The summed E-state index contributed by atoms with van der Waals surface area (Å²) in [5.74, 6) is -1.46. The largest absolute Gasteiger partial charge is 0.456 e. The minimum absolute atomic E-state index is 0.0168. The predicted molar refractivity (Wildman–Crippen MR) is 90.4 cm³/mol. The van der Waals surface area contributed by atoms with Gasteiger partial charge in [0.05, 0.1) is 16.6 Å². The third kappa shape index (κ3) is 5.61. The SMILES string of the molecule is O=C(COC(=O)CCCN1C(=O)CNC1=O)Nc1ccc(Cl)c(Cl)c1. The van der Waals surface area contributed by atoms with Crippen LogP contribution in [0, 0.1) is 0 Å². The number of carbonyl (C=O) groups excluding carboxylic acids is 4. The molecule has 0 saturated carbocycles. The van der Waals surface area contributed by atoms with Crippen molar-refractivity contribution in [2.75, 3.05) is 25.0 Å². The summed E-state index contributed by atoms with van der Waals surface area (Å²) in [5.41, 5.74) is 0.425. The molecule has 1 aliphatic heterocycles. The van der Waals surface area contributed by atoms with Crippen LogP contribution in [-0.4, -0.2) is 48.4 Å². The molecule has 0 aromatic heterocycles. The van der Waals surface area contributed by atoms with Gasteiger partial charge in [-0.05, 0) is 24.6 Å². The number of carbonyl (C=O) groups is 4. The van der Waals surface area contributed by atoms with Crippen molar-refractivity contribution in [1.82, 2.24) is 10.2 Å². The van der Waals surface area contributed by atoms with Crippen LogP contribution in [0.4, 0.5) is 10.5 Å². The molecule has 1 heterocycles. The summed E-state index contributed by atoms with van der Waals surface area (Å²) < 4.78 is 4.83. The van der Waals surface area contributed by atoms with E-state index in [-0.39, 0.29) is 36.9 Å². The van der Waals surface area contributed by atoms with Crippen LogP contribution in [0.5, 0.6) is 0 Å². The number of hydrogen-bond acceptors (Lipinski definition) is 5. The molecule has 0 radical (unpaired) electrons. The molecule has 8 nitrogen and oxygen atoms in total. The average molecular weight is 388 g/mol. The van der Waals surface area contributed by atoms with Crippen LogP contribution < -0.4 is 10.6 Å². The number of amides is 4. The number of urea groups is 1. The van der Waals surface area contributed by atoms with Crippen LogP contribution in [0.3, 0.4) is 0 Å². The second-order valence-electron chi connectivity index (χ2n) is 5.15. The monoisotopic (exact) mass is 387 g/mol. The zero-order valence-electron chi connectivity index (χ0n) is 13.0. The van der Waals surface area contributed by atoms with Gasteiger partial charge in [-0.1, -0.05) is 23.2 Å². The molecular formula is C15H15Cl2N3O5. The van der Waals surface area contributed by atoms with Crippen LogP contribution in [0.25, 0.3) is 0 Å². The summed E-state index contributed by atoms with van der Waals surface area (Å²) in [5, 5.41) is 5.54. The van der Waals surface area contributed by atoms with Crippen LogP contribution in [0.2, 0.25) is 10.0 Å². The fourth-order valence-corrected chi connectivity index (χ4v) is 2.35. The average Bonchev–Trinajstić information content (AvgIpc) is 2.88. The Morgan fingerprint density at radius 2 is 2.00 bits per heavy atom. The van der Waals surface area contributed by atoms with Gasteiger partial charge in [0.15, 0.2) is 6.61 Å². The van der Waals surface area contributed by atoms with Gasteiger partial charge in [0.1, 0.15) is 0 Å². The molecule has 1 aromatic carbocycles. The zero-order chi connectivity index (χ0) is 18.4. The number of esters is 1. The maximum absolute atomic E-state index is 11.7. The molecule has 4 amide bonds. The van der Waals surface area contributed by atoms with Crippen molar-refractivity contribution in [3.05, 3.63) is 28.2 Å². The summed E-state index contributed by atoms with van der Waals surface area (Å²) >= 11 is 11.6. The highest BCUT2D eigenvalue weighted by molar-refractivity contribution is 6.42. The van der Waals surface area contributed by atoms with Gasteiger partial charge in [-0.3, -0.25) is 19.3 Å². The lowest BCUT2D eigenvalue weighted by Gasteiger charge is -2.11. The van der Waals surface area contributed by atoms with E-state index in [4.69, 9.17) is 27.9 Å². The van der Waals surface area contributed by atoms with E-state index in [9.17, 15) is 19.2 Å². The number of imide groups is 1. The van der Waals surface area contributed by atoms with Crippen LogP contribution in [0.1, 0.15) is 12.8 Å². The summed E-state index contributed by atoms with van der Waals surface area (Å²) in [6, 6.07) is 4.09. The first-order valence-corrected chi connectivity index (χ1v) is 8.11. The number of halogens is 2. The van der Waals surface area contributed by atoms with E-state index < -0.39 is 24.5 Å². The molecule has 1 aromatic rings. The summed E-state index contributed by atoms with van der Waals surface area (Å²) in [6.07, 6.45) is 0.240. The Hall–Kier alpha value is -2.32. The van der Waals surface area contributed by atoms with E-state index in [2.05, 4.69) is 10.6 Å². The van der Waals surface area contributed by atoms with Crippen molar-refractivity contribution >= 4 is 52.7 Å². The molecule has 2 rings (SSSR count). The van der Waals surface area contributed by atoms with Crippen molar-refractivity contribution in [2.24, 2.45) is 0 Å². The van der Waals surface area contributed by atoms with Gasteiger partial charge < -0.3 is 15.4 Å². The highest BCUT2D eigenvalue weighted by Gasteiger charge is 2.27. The fourth-order valence-electron chi connectivity index (χ4n) is 2.05. The van der Waals surface area contributed by atoms with E-state index in [1.807, 2.05) is 0 Å². The molecule has 1 aliphatic rings. The van der Waals surface area contributed by atoms with Crippen molar-refractivity contribution in [3.8, 4) is 0 Å². The minimum atomic E-state index is -0.601. The molecule has 1 fully saturated rings. The summed E-state index contributed by atoms with van der Waals surface area (Å²) in [6.45, 7) is -0.365. The molecule has 0 unspecified atom stereocenters. The van der Waals surface area contributed by atoms with E-state index in [0.717, 1.165) is 4.90 Å². The van der Waals surface area contributed by atoms with Crippen LogP contribution >= 0.6 is 23.2 Å². The Balaban J connectivity index is 1.67. The second kappa shape index (κ2) is 8.68. The van der Waals surface area contributed by atoms with Crippen molar-refractivity contribution in [1.29, 1.82) is 0 Å². The Bertz CT molecular complexity index is 694. The van der Waals surface area contributed by atoms with E-state index in [0.29, 0.717) is 10.7 Å². The van der Waals surface area contributed by atoms with E-state index >= 15 is 0 Å². The Labute approximate surface area is 153 Å². The van der Waals surface area contributed by atoms with Crippen LogP contribution in [-0.2, 0) is 19.1 Å². The topological polar surface area (TPSA) is 105 Å². The lowest BCUT2D eigenvalue weighted by atomic mass is 10.3. The lowest BCUT2D eigenvalue weighted by molar-refractivity contribution is -0.147. The number of nitrogens with one attached hydrogen (secondary N) is 2. The number of anilines is 1. The first-order valence-electron chi connectivity index (χ1n) is 7.35. The van der Waals surface area contributed by atoms with E-state index in [1.165, 1.54) is 12.1 Å². The molecule has 0 bridgehead atoms. The molecule has 0 spiro atoms. The lowest BCUT2D eigenvalue weighted by Crippen LogP contribution is -2.32. The van der Waals surface area contributed by atoms with Gasteiger partial charge in [0, 0.05) is 18.7 Å². The standard InChI is InChI=1S/C15H15Cl2N3O5/c16-10-4-3-9(6-11(10)17)19-12(21)8-25-14(23)2-1-5-20-13(22)7-18-15(20)24/h3-4,6H,1-2,5,7-8H2,(H,18,24)(H,19,21). The zero-order valence-corrected chi connectivity index (χ0v) is 14.5. The molecule has 10 heteroatoms. The highest BCUT2D eigenvalue weighted by atomic mass is 35.5. The maximum Gasteiger partial charge on any atom is 0.324 e. The molecule has 134 valence electrons. The number of rotatable bonds is 7. The van der Waals surface area contributed by atoms with Crippen LogP contribution in [0.15, 0.2) is 18.2 Å². The Morgan fingerprint density at radius 3 is 2.64 bits per heavy atom.